The number of rotatable bonds is 6. The number of amides is 1. The summed E-state index contributed by atoms with van der Waals surface area (Å²) in [6.45, 7) is 1.18. The van der Waals surface area contributed by atoms with Crippen LogP contribution in [0.1, 0.15) is 41.1 Å². The Kier molecular flexibility index (Phi) is 3.65. The molecule has 5 heteroatoms. The van der Waals surface area contributed by atoms with E-state index in [9.17, 15) is 4.79 Å². The lowest BCUT2D eigenvalue weighted by Gasteiger charge is -2.06. The fourth-order valence-electron chi connectivity index (χ4n) is 2.98. The topological polar surface area (TPSA) is 59.0 Å². The maximum absolute atomic E-state index is 12.1. The molecule has 0 aliphatic heterocycles. The number of hydrogen-bond acceptors (Lipinski definition) is 3. The lowest BCUT2D eigenvalue weighted by molar-refractivity contribution is 0.102. The smallest absolute Gasteiger partial charge is 0.258 e. The Hall–Kier alpha value is -2.14. The molecule has 0 unspecified atom stereocenters. The highest BCUT2D eigenvalue weighted by Crippen LogP contribution is 2.41. The molecule has 2 aliphatic rings. The fourth-order valence-corrected chi connectivity index (χ4v) is 2.98. The van der Waals surface area contributed by atoms with E-state index in [1.54, 1.807) is 24.1 Å². The molecule has 5 nitrogen and oxygen atoms in total. The van der Waals surface area contributed by atoms with Crippen molar-refractivity contribution in [3.05, 3.63) is 47.8 Å². The number of nitrogens with one attached hydrogen (secondary N) is 2. The summed E-state index contributed by atoms with van der Waals surface area (Å²) in [5, 5.41) is 10.6. The van der Waals surface area contributed by atoms with Crippen molar-refractivity contribution in [2.45, 2.75) is 31.2 Å². The van der Waals surface area contributed by atoms with Crippen LogP contribution in [0.4, 0.5) is 5.69 Å². The molecule has 2 saturated carbocycles. The van der Waals surface area contributed by atoms with Gasteiger partial charge in [-0.3, -0.25) is 9.48 Å². The van der Waals surface area contributed by atoms with Gasteiger partial charge in [0, 0.05) is 30.9 Å². The van der Waals surface area contributed by atoms with Gasteiger partial charge in [0.25, 0.3) is 5.91 Å². The first-order valence-electron chi connectivity index (χ1n) is 8.32. The SMILES string of the molecule is Cn1cc(C(=O)Nc2ccc([C@H]3C[C@@H]3NCC3CC3)cc2)cn1. The van der Waals surface area contributed by atoms with Crippen LogP contribution in [0.25, 0.3) is 0 Å². The van der Waals surface area contributed by atoms with E-state index in [1.807, 2.05) is 12.1 Å². The monoisotopic (exact) mass is 310 g/mol. The quantitative estimate of drug-likeness (QED) is 0.862. The van der Waals surface area contributed by atoms with Gasteiger partial charge in [0.15, 0.2) is 0 Å². The van der Waals surface area contributed by atoms with Gasteiger partial charge in [0.1, 0.15) is 0 Å². The average molecular weight is 310 g/mol. The Labute approximate surface area is 136 Å². The lowest BCUT2D eigenvalue weighted by atomic mass is 10.1. The predicted molar refractivity (Wildman–Crippen MR) is 89.5 cm³/mol. The van der Waals surface area contributed by atoms with Crippen molar-refractivity contribution in [1.29, 1.82) is 0 Å². The zero-order valence-corrected chi connectivity index (χ0v) is 13.3. The van der Waals surface area contributed by atoms with Crippen LogP contribution in [0.5, 0.6) is 0 Å². The van der Waals surface area contributed by atoms with Crippen LogP contribution in [0.15, 0.2) is 36.7 Å². The summed E-state index contributed by atoms with van der Waals surface area (Å²) in [4.78, 5) is 12.1. The molecule has 23 heavy (non-hydrogen) atoms. The van der Waals surface area contributed by atoms with E-state index in [0.717, 1.165) is 11.6 Å². The second-order valence-electron chi connectivity index (χ2n) is 6.78. The molecule has 1 aromatic carbocycles. The van der Waals surface area contributed by atoms with Crippen molar-refractivity contribution >= 4 is 11.6 Å². The maximum atomic E-state index is 12.1. The van der Waals surface area contributed by atoms with Gasteiger partial charge in [-0.05, 0) is 49.4 Å². The molecular formula is C18H22N4O. The Balaban J connectivity index is 1.32. The number of anilines is 1. The molecule has 120 valence electrons. The molecule has 2 aromatic rings. The Morgan fingerprint density at radius 2 is 2.09 bits per heavy atom. The van der Waals surface area contributed by atoms with Crippen LogP contribution in [-0.4, -0.2) is 28.3 Å². The summed E-state index contributed by atoms with van der Waals surface area (Å²) >= 11 is 0. The van der Waals surface area contributed by atoms with Crippen LogP contribution >= 0.6 is 0 Å². The Bertz CT molecular complexity index is 702. The number of nitrogens with zero attached hydrogens (tertiary/aromatic N) is 2. The van der Waals surface area contributed by atoms with Crippen molar-refractivity contribution in [3.63, 3.8) is 0 Å². The van der Waals surface area contributed by atoms with Gasteiger partial charge in [-0.1, -0.05) is 12.1 Å². The van der Waals surface area contributed by atoms with Gasteiger partial charge in [0.05, 0.1) is 11.8 Å². The van der Waals surface area contributed by atoms with E-state index in [1.165, 1.54) is 31.4 Å². The van der Waals surface area contributed by atoms with Crippen molar-refractivity contribution in [3.8, 4) is 0 Å². The first-order valence-corrected chi connectivity index (χ1v) is 8.32. The molecule has 1 aromatic heterocycles. The highest BCUT2D eigenvalue weighted by molar-refractivity contribution is 6.03. The minimum absolute atomic E-state index is 0.124. The fraction of sp³-hybridized carbons (Fsp3) is 0.444. The summed E-state index contributed by atoms with van der Waals surface area (Å²) in [5.41, 5.74) is 2.76. The summed E-state index contributed by atoms with van der Waals surface area (Å²) in [7, 11) is 1.80. The van der Waals surface area contributed by atoms with E-state index in [-0.39, 0.29) is 5.91 Å². The van der Waals surface area contributed by atoms with Gasteiger partial charge in [-0.15, -0.1) is 0 Å². The van der Waals surface area contributed by atoms with Crippen molar-refractivity contribution in [2.24, 2.45) is 13.0 Å². The zero-order chi connectivity index (χ0) is 15.8. The van der Waals surface area contributed by atoms with E-state index in [4.69, 9.17) is 0 Å². The molecule has 1 amide bonds. The first-order chi connectivity index (χ1) is 11.2. The second-order valence-corrected chi connectivity index (χ2v) is 6.78. The minimum atomic E-state index is -0.124. The summed E-state index contributed by atoms with van der Waals surface area (Å²) < 4.78 is 1.62. The van der Waals surface area contributed by atoms with E-state index in [0.29, 0.717) is 17.5 Å². The number of aryl methyl sites for hydroxylation is 1. The van der Waals surface area contributed by atoms with Gasteiger partial charge in [-0.2, -0.15) is 5.10 Å². The summed E-state index contributed by atoms with van der Waals surface area (Å²) in [6.07, 6.45) is 7.31. The minimum Gasteiger partial charge on any atom is -0.322 e. The highest BCUT2D eigenvalue weighted by Gasteiger charge is 2.38. The van der Waals surface area contributed by atoms with Crippen molar-refractivity contribution < 1.29 is 4.79 Å². The number of carbonyl (C=O) groups excluding carboxylic acids is 1. The number of aromatic nitrogens is 2. The molecule has 4 rings (SSSR count). The number of carbonyl (C=O) groups is 1. The van der Waals surface area contributed by atoms with E-state index >= 15 is 0 Å². The largest absolute Gasteiger partial charge is 0.322 e. The Morgan fingerprint density at radius 1 is 1.30 bits per heavy atom. The molecular weight excluding hydrogens is 288 g/mol. The zero-order valence-electron chi connectivity index (χ0n) is 13.3. The molecule has 1 heterocycles. The molecule has 0 bridgehead atoms. The van der Waals surface area contributed by atoms with Crippen LogP contribution in [0.2, 0.25) is 0 Å². The van der Waals surface area contributed by atoms with Gasteiger partial charge in [0.2, 0.25) is 0 Å². The van der Waals surface area contributed by atoms with Gasteiger partial charge >= 0.3 is 0 Å². The van der Waals surface area contributed by atoms with E-state index in [2.05, 4.69) is 27.9 Å². The van der Waals surface area contributed by atoms with Crippen molar-refractivity contribution in [1.82, 2.24) is 15.1 Å². The standard InChI is InChI=1S/C18H22N4O/c1-22-11-14(10-20-22)18(23)21-15-6-4-13(5-7-15)16-8-17(16)19-9-12-2-3-12/h4-7,10-12,16-17,19H,2-3,8-9H2,1H3,(H,21,23)/t16-,17+/m1/s1. The second kappa shape index (κ2) is 5.81. The number of benzene rings is 1. The van der Waals surface area contributed by atoms with Crippen LogP contribution < -0.4 is 10.6 Å². The average Bonchev–Trinajstić information content (AvgIpc) is 3.45. The highest BCUT2D eigenvalue weighted by atomic mass is 16.1. The van der Waals surface area contributed by atoms with Crippen molar-refractivity contribution in [2.75, 3.05) is 11.9 Å². The molecule has 2 fully saturated rings. The molecule has 2 atom stereocenters. The maximum Gasteiger partial charge on any atom is 0.258 e. The molecule has 2 aliphatic carbocycles. The first kappa shape index (κ1) is 14.5. The third-order valence-corrected chi connectivity index (χ3v) is 4.72. The van der Waals surface area contributed by atoms with Gasteiger partial charge in [-0.25, -0.2) is 0 Å². The normalized spacial score (nSPS) is 22.8. The molecule has 2 N–H and O–H groups in total. The van der Waals surface area contributed by atoms with Gasteiger partial charge < -0.3 is 10.6 Å². The molecule has 0 spiro atoms. The third kappa shape index (κ3) is 3.45. The number of hydrogen-bond donors (Lipinski definition) is 2. The van der Waals surface area contributed by atoms with Crippen LogP contribution in [0, 0.1) is 5.92 Å². The lowest BCUT2D eigenvalue weighted by Crippen LogP contribution is -2.20. The summed E-state index contributed by atoms with van der Waals surface area (Å²) in [6, 6.07) is 8.87. The molecule has 0 saturated heterocycles. The van der Waals surface area contributed by atoms with Crippen LogP contribution in [-0.2, 0) is 7.05 Å². The summed E-state index contributed by atoms with van der Waals surface area (Å²) in [5.74, 6) is 1.44. The third-order valence-electron chi connectivity index (χ3n) is 4.72. The predicted octanol–water partition coefficient (Wildman–Crippen LogP) is 2.53. The van der Waals surface area contributed by atoms with E-state index < -0.39 is 0 Å². The Morgan fingerprint density at radius 3 is 2.74 bits per heavy atom. The van der Waals surface area contributed by atoms with Crippen LogP contribution in [0.3, 0.4) is 0 Å². The molecule has 0 radical (unpaired) electrons.